The van der Waals surface area contributed by atoms with E-state index in [2.05, 4.69) is 69.1 Å². The van der Waals surface area contributed by atoms with Crippen molar-refractivity contribution in [3.8, 4) is 0 Å². The Morgan fingerprint density at radius 1 is 0.447 bits per heavy atom. The number of rotatable bonds is 41. The van der Waals surface area contributed by atoms with Crippen LogP contribution in [-0.2, 0) is 81.5 Å². The van der Waals surface area contributed by atoms with Crippen LogP contribution in [-0.4, -0.2) is 237 Å². The summed E-state index contributed by atoms with van der Waals surface area (Å²) < 4.78 is 0. The molecule has 19 N–H and O–H groups in total. The second-order valence-electron chi connectivity index (χ2n) is 28.4. The van der Waals surface area contributed by atoms with Crippen molar-refractivity contribution in [2.45, 2.75) is 265 Å². The number of aliphatic hydroxyl groups excluding tert-OH is 1. The van der Waals surface area contributed by atoms with Crippen LogP contribution in [0.25, 0.3) is 0 Å². The number of hydrogen-bond donors (Lipinski definition) is 17. The van der Waals surface area contributed by atoms with Gasteiger partial charge in [0.2, 0.25) is 94.5 Å². The number of aliphatic carboxylic acids is 1. The van der Waals surface area contributed by atoms with E-state index >= 15 is 0 Å². The zero-order valence-corrected chi connectivity index (χ0v) is 61.7. The van der Waals surface area contributed by atoms with Crippen molar-refractivity contribution in [3.63, 3.8) is 0 Å². The van der Waals surface area contributed by atoms with Gasteiger partial charge in [-0.3, -0.25) is 76.7 Å². The molecule has 3 heterocycles. The Morgan fingerprint density at radius 2 is 0.845 bits per heavy atom. The van der Waals surface area contributed by atoms with Crippen molar-refractivity contribution in [3.05, 3.63) is 0 Å². The van der Waals surface area contributed by atoms with E-state index in [9.17, 15) is 91.7 Å². The first kappa shape index (κ1) is 88.1. The van der Waals surface area contributed by atoms with Crippen LogP contribution in [0.5, 0.6) is 0 Å². The molecule has 0 aromatic carbocycles. The number of carbonyl (C=O) groups excluding carboxylic acids is 16. The maximum Gasteiger partial charge on any atom is 0.326 e. The SMILES string of the molecule is CC[C@H](C)[C@H](NC(=O)[C@H](C)NC(=O)[C@H](C)NC(=O)[C@H](CCC(N)=O)NC(=O)[C@H](CC(C)C)NC(=O)[C@@H](NC(=O)[C@@H](NC(=O)[C@H](CCC(N)=O)NC(=O)[C@H](C)NC(=O)[C@@H](NC(=O)[C@@H](NC(=O)[C@@H]1CCCN1C(=O)CNC(=O)[C@@H]1CCCN1)C(C)C)[C@@H](C)O)C(C)C)C(C)C)C(=O)N1CCC[C@H]1C(=O)O. The van der Waals surface area contributed by atoms with Gasteiger partial charge in [-0.15, -0.1) is 0 Å². The number of amides is 16. The van der Waals surface area contributed by atoms with Crippen LogP contribution in [0.4, 0.5) is 0 Å². The molecule has 0 aliphatic carbocycles. The highest BCUT2D eigenvalue weighted by Gasteiger charge is 2.43. The van der Waals surface area contributed by atoms with Gasteiger partial charge in [-0.1, -0.05) is 75.7 Å². The quantitative estimate of drug-likeness (QED) is 0.0273. The number of nitrogens with one attached hydrogen (secondary N) is 13. The lowest BCUT2D eigenvalue weighted by Crippen LogP contribution is -2.62. The first-order valence-corrected chi connectivity index (χ1v) is 35.5. The van der Waals surface area contributed by atoms with Gasteiger partial charge in [0.1, 0.15) is 78.5 Å². The van der Waals surface area contributed by atoms with Crippen LogP contribution < -0.4 is 80.6 Å². The second-order valence-corrected chi connectivity index (χ2v) is 28.4. The molecule has 3 saturated heterocycles. The van der Waals surface area contributed by atoms with Crippen LogP contribution >= 0.6 is 0 Å². The molecule has 0 spiro atoms. The molecule has 0 radical (unpaired) electrons. The lowest BCUT2D eigenvalue weighted by atomic mass is 9.97. The minimum Gasteiger partial charge on any atom is -0.480 e. The Morgan fingerprint density at radius 3 is 1.32 bits per heavy atom. The predicted molar refractivity (Wildman–Crippen MR) is 371 cm³/mol. The fraction of sp³-hybridized carbons (Fsp3) is 0.746. The minimum absolute atomic E-state index is 0.0422. The van der Waals surface area contributed by atoms with Crippen LogP contribution in [0.15, 0.2) is 0 Å². The van der Waals surface area contributed by atoms with Gasteiger partial charge < -0.3 is 101 Å². The molecule has 3 aliphatic heterocycles. The van der Waals surface area contributed by atoms with Crippen molar-refractivity contribution >= 4 is 100 Å². The fourth-order valence-electron chi connectivity index (χ4n) is 11.9. The summed E-state index contributed by atoms with van der Waals surface area (Å²) >= 11 is 0. The Hall–Kier alpha value is -9.09. The smallest absolute Gasteiger partial charge is 0.326 e. The molecule has 0 saturated carbocycles. The van der Waals surface area contributed by atoms with Crippen LogP contribution in [0.1, 0.15) is 174 Å². The molecular weight excluding hydrogens is 1350 g/mol. The molecule has 16 amide bonds. The third-order valence-corrected chi connectivity index (χ3v) is 18.3. The summed E-state index contributed by atoms with van der Waals surface area (Å²) in [5.74, 6) is -17.1. The van der Waals surface area contributed by atoms with Gasteiger partial charge in [0, 0.05) is 25.9 Å². The highest BCUT2D eigenvalue weighted by atomic mass is 16.4. The Balaban J connectivity index is 1.72. The molecule has 103 heavy (non-hydrogen) atoms. The lowest BCUT2D eigenvalue weighted by Gasteiger charge is -2.31. The van der Waals surface area contributed by atoms with Crippen molar-refractivity contribution in [1.82, 2.24) is 78.9 Å². The van der Waals surface area contributed by atoms with Gasteiger partial charge in [0.05, 0.1) is 18.7 Å². The molecule has 0 aromatic rings. The highest BCUT2D eigenvalue weighted by molar-refractivity contribution is 6.00. The van der Waals surface area contributed by atoms with Gasteiger partial charge in [-0.05, 0) is 122 Å². The standard InChI is InChI=1S/C67H113N17O19/c1-15-35(10)52(66(101)84-28-18-21-45(84)67(102)103)81-56(91)38(13)72-54(89)36(11)73-58(93)41(22-24-46(68)86)76-60(95)43(29-31(2)3)77-62(97)49(32(4)5)80-63(98)50(33(6)7)78-59(94)42(23-25-47(69)87)75-55(90)37(12)74-65(100)53(39(14)85)82-64(99)51(34(8)9)79-61(96)44-20-17-27-83(44)48(88)30-71-57(92)40-19-16-26-70-40/h31-45,49-53,70,85H,15-30H2,1-14H3,(H2,68,86)(H2,69,87)(H,71,92)(H,72,89)(H,73,93)(H,74,100)(H,75,90)(H,76,95)(H,77,97)(H,78,94)(H,79,96)(H,80,98)(H,81,91)(H,82,99)(H,102,103)/t35-,36-,37-,38-,39+,40-,41-,42-,43-,44-,45-,49-,50-,51-,52-,53-/m0/s1. The first-order chi connectivity index (χ1) is 48.1. The summed E-state index contributed by atoms with van der Waals surface area (Å²) in [7, 11) is 0. The summed E-state index contributed by atoms with van der Waals surface area (Å²) in [6.07, 6.45) is -0.0225. The monoisotopic (exact) mass is 1460 g/mol. The zero-order chi connectivity index (χ0) is 78.0. The summed E-state index contributed by atoms with van der Waals surface area (Å²) in [5, 5.41) is 53.9. The molecule has 16 atom stereocenters. The average molecular weight is 1460 g/mol. The lowest BCUT2D eigenvalue weighted by molar-refractivity contribution is -0.150. The number of aliphatic hydroxyl groups is 1. The van der Waals surface area contributed by atoms with Crippen LogP contribution in [0.3, 0.4) is 0 Å². The number of nitrogens with two attached hydrogens (primary N) is 2. The number of carbonyl (C=O) groups is 17. The second kappa shape index (κ2) is 41.9. The van der Waals surface area contributed by atoms with Gasteiger partial charge in [-0.2, -0.15) is 0 Å². The van der Waals surface area contributed by atoms with E-state index in [1.807, 2.05) is 0 Å². The molecule has 3 fully saturated rings. The maximum absolute atomic E-state index is 14.3. The molecule has 0 bridgehead atoms. The first-order valence-electron chi connectivity index (χ1n) is 35.5. The molecular formula is C67H113N17O19. The topological polar surface area (TPSA) is 546 Å². The number of carboxylic acid groups (broad SMARTS) is 1. The number of carboxylic acids is 1. The van der Waals surface area contributed by atoms with Gasteiger partial charge in [-0.25, -0.2) is 4.79 Å². The Labute approximate surface area is 600 Å². The number of likely N-dealkylation sites (tertiary alicyclic amines) is 2. The third-order valence-electron chi connectivity index (χ3n) is 18.3. The molecule has 0 aromatic heterocycles. The van der Waals surface area contributed by atoms with Crippen molar-refractivity contribution in [1.29, 1.82) is 0 Å². The Kier molecular flexibility index (Phi) is 35.8. The van der Waals surface area contributed by atoms with Crippen molar-refractivity contribution < 1.29 is 91.7 Å². The molecule has 3 rings (SSSR count). The number of nitrogens with zero attached hydrogens (tertiary/aromatic N) is 2. The predicted octanol–water partition coefficient (Wildman–Crippen LogP) is -4.71. The van der Waals surface area contributed by atoms with E-state index in [4.69, 9.17) is 11.5 Å². The molecule has 3 aliphatic rings. The molecule has 580 valence electrons. The summed E-state index contributed by atoms with van der Waals surface area (Å²) in [5.41, 5.74) is 10.9. The molecule has 36 nitrogen and oxygen atoms in total. The van der Waals surface area contributed by atoms with E-state index in [0.717, 1.165) is 6.42 Å². The largest absolute Gasteiger partial charge is 0.480 e. The Bertz CT molecular complexity index is 3050. The summed E-state index contributed by atoms with van der Waals surface area (Å²) in [4.78, 5) is 231. The average Bonchev–Trinajstić information content (AvgIpc) is 1.82. The normalized spacial score (nSPS) is 19.6. The fourth-order valence-corrected chi connectivity index (χ4v) is 11.9. The van der Waals surface area contributed by atoms with Gasteiger partial charge in [0.15, 0.2) is 0 Å². The third kappa shape index (κ3) is 27.6. The van der Waals surface area contributed by atoms with E-state index in [1.54, 1.807) is 69.2 Å². The van der Waals surface area contributed by atoms with Crippen LogP contribution in [0.2, 0.25) is 0 Å². The maximum atomic E-state index is 14.3. The number of hydrogen-bond acceptors (Lipinski definition) is 19. The number of primary amides is 2. The van der Waals surface area contributed by atoms with Crippen molar-refractivity contribution in [2.24, 2.45) is 41.1 Å². The summed E-state index contributed by atoms with van der Waals surface area (Å²) in [6, 6.07) is -18.2. The van der Waals surface area contributed by atoms with Crippen LogP contribution in [0, 0.1) is 29.6 Å². The van der Waals surface area contributed by atoms with E-state index in [-0.39, 0.29) is 57.1 Å². The van der Waals surface area contributed by atoms with E-state index in [0.29, 0.717) is 32.2 Å². The van der Waals surface area contributed by atoms with Gasteiger partial charge in [0.25, 0.3) is 0 Å². The van der Waals surface area contributed by atoms with Gasteiger partial charge >= 0.3 is 5.97 Å². The van der Waals surface area contributed by atoms with E-state index < -0.39 is 228 Å². The summed E-state index contributed by atoms with van der Waals surface area (Å²) in [6.45, 7) is 22.2. The highest BCUT2D eigenvalue weighted by Crippen LogP contribution is 2.23. The zero-order valence-electron chi connectivity index (χ0n) is 61.7. The van der Waals surface area contributed by atoms with E-state index in [1.165, 1.54) is 37.5 Å². The minimum atomic E-state index is -1.72. The molecule has 0 unspecified atom stereocenters. The van der Waals surface area contributed by atoms with Crippen molar-refractivity contribution in [2.75, 3.05) is 26.2 Å². The molecule has 36 heteroatoms.